The van der Waals surface area contributed by atoms with Gasteiger partial charge in [0.1, 0.15) is 5.75 Å². The van der Waals surface area contributed by atoms with Crippen molar-refractivity contribution in [3.05, 3.63) is 36.9 Å². The molecule has 1 aromatic carbocycles. The van der Waals surface area contributed by atoms with Crippen molar-refractivity contribution in [2.75, 3.05) is 5.75 Å². The number of ether oxygens (including phenoxy) is 1. The Bertz CT molecular complexity index is 582. The summed E-state index contributed by atoms with van der Waals surface area (Å²) in [6.45, 7) is 3.59. The molecule has 0 fully saturated rings. The van der Waals surface area contributed by atoms with Crippen molar-refractivity contribution >= 4 is 11.8 Å². The number of hydrogen-bond donors (Lipinski definition) is 0. The summed E-state index contributed by atoms with van der Waals surface area (Å²) in [5, 5.41) is 11.7. The lowest BCUT2D eigenvalue weighted by molar-refractivity contribution is -0.274. The number of hydrogen-bond acceptors (Lipinski definition) is 5. The average molecular weight is 302 g/mol. The fraction of sp³-hybridized carbons (Fsp3) is 0.182. The van der Waals surface area contributed by atoms with Crippen molar-refractivity contribution in [2.45, 2.75) is 11.5 Å². The molecule has 0 bridgehead atoms. The highest BCUT2D eigenvalue weighted by atomic mass is 32.2. The Morgan fingerprint density at radius 2 is 2.00 bits per heavy atom. The van der Waals surface area contributed by atoms with E-state index >= 15 is 0 Å². The van der Waals surface area contributed by atoms with Crippen molar-refractivity contribution in [3.63, 3.8) is 0 Å². The van der Waals surface area contributed by atoms with Crippen LogP contribution >= 0.6 is 11.8 Å². The van der Waals surface area contributed by atoms with Gasteiger partial charge in [0.05, 0.1) is 5.69 Å². The maximum atomic E-state index is 12.0. The molecule has 1 aromatic heterocycles. The molecule has 0 spiro atoms. The van der Waals surface area contributed by atoms with Crippen LogP contribution in [-0.2, 0) is 0 Å². The van der Waals surface area contributed by atoms with Gasteiger partial charge in [0.15, 0.2) is 0 Å². The molecule has 0 atom stereocenters. The molecule has 20 heavy (non-hydrogen) atoms. The van der Waals surface area contributed by atoms with Gasteiger partial charge in [-0.1, -0.05) is 17.8 Å². The van der Waals surface area contributed by atoms with E-state index in [9.17, 15) is 13.2 Å². The van der Waals surface area contributed by atoms with E-state index in [1.807, 2.05) is 0 Å². The first-order chi connectivity index (χ1) is 9.49. The van der Waals surface area contributed by atoms with Gasteiger partial charge in [0.2, 0.25) is 5.16 Å². The molecule has 0 aliphatic rings. The quantitative estimate of drug-likeness (QED) is 0.628. The number of thioether (sulfide) groups is 1. The zero-order valence-electron chi connectivity index (χ0n) is 10.0. The fourth-order valence-electron chi connectivity index (χ4n) is 1.35. The molecule has 2 aromatic rings. The molecule has 5 nitrogen and oxygen atoms in total. The molecular formula is C11H9F3N4OS. The van der Waals surface area contributed by atoms with Crippen molar-refractivity contribution in [2.24, 2.45) is 0 Å². The minimum Gasteiger partial charge on any atom is -0.406 e. The van der Waals surface area contributed by atoms with Gasteiger partial charge in [-0.25, -0.2) is 0 Å². The topological polar surface area (TPSA) is 52.8 Å². The van der Waals surface area contributed by atoms with Gasteiger partial charge in [0, 0.05) is 5.75 Å². The van der Waals surface area contributed by atoms with Crippen LogP contribution < -0.4 is 4.74 Å². The van der Waals surface area contributed by atoms with Crippen LogP contribution in [0.3, 0.4) is 0 Å². The lowest BCUT2D eigenvalue weighted by atomic mass is 10.3. The maximum absolute atomic E-state index is 12.0. The Morgan fingerprint density at radius 1 is 1.30 bits per heavy atom. The first kappa shape index (κ1) is 14.4. The highest BCUT2D eigenvalue weighted by Crippen LogP contribution is 2.24. The largest absolute Gasteiger partial charge is 0.573 e. The van der Waals surface area contributed by atoms with Crippen molar-refractivity contribution in [1.82, 2.24) is 20.2 Å². The molecule has 2 rings (SSSR count). The van der Waals surface area contributed by atoms with Crippen LogP contribution in [0, 0.1) is 0 Å². The van der Waals surface area contributed by atoms with Gasteiger partial charge < -0.3 is 4.74 Å². The number of halogens is 3. The molecule has 0 unspecified atom stereocenters. The van der Waals surface area contributed by atoms with Crippen LogP contribution in [0.5, 0.6) is 5.75 Å². The zero-order valence-corrected chi connectivity index (χ0v) is 10.9. The third kappa shape index (κ3) is 3.73. The predicted molar refractivity (Wildman–Crippen MR) is 66.8 cm³/mol. The SMILES string of the molecule is C=CCSc1nnnn1-c1ccc(OC(F)(F)F)cc1. The Labute approximate surface area is 116 Å². The number of benzene rings is 1. The Kier molecular flexibility index (Phi) is 4.28. The second-order valence-electron chi connectivity index (χ2n) is 3.51. The molecule has 0 saturated heterocycles. The second kappa shape index (κ2) is 5.95. The van der Waals surface area contributed by atoms with E-state index in [1.54, 1.807) is 6.08 Å². The molecule has 0 radical (unpaired) electrons. The van der Waals surface area contributed by atoms with Crippen LogP contribution in [0.15, 0.2) is 42.1 Å². The maximum Gasteiger partial charge on any atom is 0.573 e. The highest BCUT2D eigenvalue weighted by molar-refractivity contribution is 7.99. The van der Waals surface area contributed by atoms with E-state index in [0.717, 1.165) is 0 Å². The first-order valence-corrected chi connectivity index (χ1v) is 6.36. The summed E-state index contributed by atoms with van der Waals surface area (Å²) in [7, 11) is 0. The standard InChI is InChI=1S/C11H9F3N4OS/c1-2-7-20-10-15-16-17-18(10)8-3-5-9(6-4-8)19-11(12,13)14/h2-6H,1,7H2. The van der Waals surface area contributed by atoms with Crippen molar-refractivity contribution in [3.8, 4) is 11.4 Å². The van der Waals surface area contributed by atoms with Crippen LogP contribution in [-0.4, -0.2) is 32.3 Å². The molecule has 106 valence electrons. The van der Waals surface area contributed by atoms with Crippen molar-refractivity contribution < 1.29 is 17.9 Å². The first-order valence-electron chi connectivity index (χ1n) is 5.38. The molecule has 0 aliphatic carbocycles. The molecule has 0 N–H and O–H groups in total. The smallest absolute Gasteiger partial charge is 0.406 e. The van der Waals surface area contributed by atoms with E-state index in [-0.39, 0.29) is 5.75 Å². The lowest BCUT2D eigenvalue weighted by Crippen LogP contribution is -2.17. The molecule has 9 heteroatoms. The van der Waals surface area contributed by atoms with Gasteiger partial charge >= 0.3 is 6.36 Å². The second-order valence-corrected chi connectivity index (χ2v) is 4.50. The van der Waals surface area contributed by atoms with Gasteiger partial charge in [-0.05, 0) is 34.7 Å². The Balaban J connectivity index is 2.18. The molecular weight excluding hydrogens is 293 g/mol. The van der Waals surface area contributed by atoms with Crippen LogP contribution in [0.1, 0.15) is 0 Å². The fourth-order valence-corrected chi connectivity index (χ4v) is 1.98. The minimum atomic E-state index is -4.71. The Morgan fingerprint density at radius 3 is 2.60 bits per heavy atom. The number of alkyl halides is 3. The van der Waals surface area contributed by atoms with E-state index in [4.69, 9.17) is 0 Å². The van der Waals surface area contributed by atoms with Gasteiger partial charge in [-0.3, -0.25) is 0 Å². The summed E-state index contributed by atoms with van der Waals surface area (Å²) in [6, 6.07) is 5.28. The normalized spacial score (nSPS) is 11.3. The minimum absolute atomic E-state index is 0.297. The van der Waals surface area contributed by atoms with Crippen LogP contribution in [0.2, 0.25) is 0 Å². The molecule has 1 heterocycles. The summed E-state index contributed by atoms with van der Waals surface area (Å²) in [6.07, 6.45) is -3.01. The monoisotopic (exact) mass is 302 g/mol. The van der Waals surface area contributed by atoms with Gasteiger partial charge in [-0.15, -0.1) is 24.8 Å². The third-order valence-corrected chi connectivity index (χ3v) is 3.00. The molecule has 0 aliphatic heterocycles. The summed E-state index contributed by atoms with van der Waals surface area (Å²) in [5.41, 5.74) is 0.538. The van der Waals surface area contributed by atoms with E-state index < -0.39 is 6.36 Å². The average Bonchev–Trinajstić information content (AvgIpc) is 2.83. The summed E-state index contributed by atoms with van der Waals surface area (Å²) < 4.78 is 41.4. The van der Waals surface area contributed by atoms with Crippen molar-refractivity contribution in [1.29, 1.82) is 0 Å². The summed E-state index contributed by atoms with van der Waals surface area (Å²) in [5.74, 6) is 0.324. The predicted octanol–water partition coefficient (Wildman–Crippen LogP) is 2.84. The number of aromatic nitrogens is 4. The number of rotatable bonds is 5. The van der Waals surface area contributed by atoms with Crippen LogP contribution in [0.4, 0.5) is 13.2 Å². The van der Waals surface area contributed by atoms with E-state index in [0.29, 0.717) is 16.6 Å². The lowest BCUT2D eigenvalue weighted by Gasteiger charge is -2.09. The highest BCUT2D eigenvalue weighted by Gasteiger charge is 2.31. The molecule has 0 amide bonds. The number of nitrogens with zero attached hydrogens (tertiary/aromatic N) is 4. The Hall–Kier alpha value is -2.03. The molecule has 0 saturated carbocycles. The van der Waals surface area contributed by atoms with E-state index in [1.165, 1.54) is 40.7 Å². The van der Waals surface area contributed by atoms with Gasteiger partial charge in [0.25, 0.3) is 0 Å². The van der Waals surface area contributed by atoms with Crippen LogP contribution in [0.25, 0.3) is 5.69 Å². The number of tetrazole rings is 1. The summed E-state index contributed by atoms with van der Waals surface area (Å²) >= 11 is 1.36. The summed E-state index contributed by atoms with van der Waals surface area (Å²) in [4.78, 5) is 0. The van der Waals surface area contributed by atoms with E-state index in [2.05, 4.69) is 26.8 Å². The zero-order chi connectivity index (χ0) is 14.6. The third-order valence-electron chi connectivity index (χ3n) is 2.09. The van der Waals surface area contributed by atoms with Gasteiger partial charge in [-0.2, -0.15) is 4.68 Å².